The number of halogens is 1. The summed E-state index contributed by atoms with van der Waals surface area (Å²) in [7, 11) is 1.93. The van der Waals surface area contributed by atoms with Crippen LogP contribution in [0.15, 0.2) is 16.6 Å². The average molecular weight is 316 g/mol. The van der Waals surface area contributed by atoms with Gasteiger partial charge in [-0.25, -0.2) is 0 Å². The van der Waals surface area contributed by atoms with Crippen molar-refractivity contribution in [1.29, 1.82) is 0 Å². The third-order valence-corrected chi connectivity index (χ3v) is 2.92. The molecule has 18 heavy (non-hydrogen) atoms. The Balaban J connectivity index is 2.67. The lowest BCUT2D eigenvalue weighted by Gasteiger charge is -2.15. The van der Waals surface area contributed by atoms with Crippen LogP contribution in [0.1, 0.15) is 25.0 Å². The van der Waals surface area contributed by atoms with Gasteiger partial charge in [0.1, 0.15) is 12.4 Å². The van der Waals surface area contributed by atoms with E-state index < -0.39 is 0 Å². The molecule has 0 bridgehead atoms. The highest BCUT2D eigenvalue weighted by Gasteiger charge is 2.08. The number of hydrogen-bond acceptors (Lipinski definition) is 3. The topological polar surface area (TPSA) is 30.5 Å². The van der Waals surface area contributed by atoms with Crippen LogP contribution in [0, 0.1) is 6.92 Å². The maximum absolute atomic E-state index is 5.84. The first kappa shape index (κ1) is 15.5. The van der Waals surface area contributed by atoms with Crippen LogP contribution in [0.2, 0.25) is 0 Å². The molecule has 0 aromatic heterocycles. The zero-order valence-electron chi connectivity index (χ0n) is 11.5. The molecule has 1 aromatic rings. The van der Waals surface area contributed by atoms with Crippen LogP contribution in [-0.4, -0.2) is 26.4 Å². The summed E-state index contributed by atoms with van der Waals surface area (Å²) in [6.07, 6.45) is 0.247. The first-order valence-electron chi connectivity index (χ1n) is 6.22. The normalized spacial score (nSPS) is 11.0. The molecule has 0 fully saturated rings. The Labute approximate surface area is 118 Å². The number of nitrogens with one attached hydrogen (secondary N) is 1. The highest BCUT2D eigenvalue weighted by molar-refractivity contribution is 9.10. The van der Waals surface area contributed by atoms with E-state index in [1.54, 1.807) is 0 Å². The molecule has 1 aromatic carbocycles. The summed E-state index contributed by atoms with van der Waals surface area (Å²) in [6, 6.07) is 4.15. The Bertz CT molecular complexity index is 380. The highest BCUT2D eigenvalue weighted by Crippen LogP contribution is 2.28. The predicted octanol–water partition coefficient (Wildman–Crippen LogP) is 3.28. The Morgan fingerprint density at radius 1 is 1.28 bits per heavy atom. The summed E-state index contributed by atoms with van der Waals surface area (Å²) in [5.74, 6) is 0.958. The molecule has 1 rings (SSSR count). The van der Waals surface area contributed by atoms with Crippen molar-refractivity contribution >= 4 is 15.9 Å². The van der Waals surface area contributed by atoms with E-state index in [1.165, 1.54) is 0 Å². The minimum Gasteiger partial charge on any atom is -0.491 e. The SMILES string of the molecule is CNCc1cc(Br)cc(C)c1OCCOC(C)C. The number of ether oxygens (including phenoxy) is 2. The third kappa shape index (κ3) is 4.96. The van der Waals surface area contributed by atoms with E-state index in [2.05, 4.69) is 40.3 Å². The lowest BCUT2D eigenvalue weighted by Crippen LogP contribution is -2.14. The second-order valence-electron chi connectivity index (χ2n) is 4.51. The number of aryl methyl sites for hydroxylation is 1. The fourth-order valence-corrected chi connectivity index (χ4v) is 2.37. The van der Waals surface area contributed by atoms with Crippen molar-refractivity contribution < 1.29 is 9.47 Å². The van der Waals surface area contributed by atoms with Crippen LogP contribution in [0.3, 0.4) is 0 Å². The van der Waals surface area contributed by atoms with E-state index in [-0.39, 0.29) is 6.10 Å². The van der Waals surface area contributed by atoms with Crippen molar-refractivity contribution in [3.05, 3.63) is 27.7 Å². The van der Waals surface area contributed by atoms with E-state index >= 15 is 0 Å². The molecule has 0 aliphatic rings. The van der Waals surface area contributed by atoms with Crippen molar-refractivity contribution in [1.82, 2.24) is 5.32 Å². The van der Waals surface area contributed by atoms with Crippen LogP contribution in [0.5, 0.6) is 5.75 Å². The van der Waals surface area contributed by atoms with E-state index in [4.69, 9.17) is 9.47 Å². The van der Waals surface area contributed by atoms with Gasteiger partial charge >= 0.3 is 0 Å². The Morgan fingerprint density at radius 2 is 2.00 bits per heavy atom. The second kappa shape index (κ2) is 7.77. The highest BCUT2D eigenvalue weighted by atomic mass is 79.9. The third-order valence-electron chi connectivity index (χ3n) is 2.46. The molecule has 102 valence electrons. The fraction of sp³-hybridized carbons (Fsp3) is 0.571. The van der Waals surface area contributed by atoms with Gasteiger partial charge in [0.2, 0.25) is 0 Å². The van der Waals surface area contributed by atoms with Gasteiger partial charge in [-0.2, -0.15) is 0 Å². The van der Waals surface area contributed by atoms with Crippen molar-refractivity contribution in [3.63, 3.8) is 0 Å². The molecule has 3 nitrogen and oxygen atoms in total. The van der Waals surface area contributed by atoms with Gasteiger partial charge in [-0.05, 0) is 45.5 Å². The van der Waals surface area contributed by atoms with Gasteiger partial charge in [-0.15, -0.1) is 0 Å². The first-order chi connectivity index (χ1) is 8.54. The van der Waals surface area contributed by atoms with E-state index in [9.17, 15) is 0 Å². The van der Waals surface area contributed by atoms with E-state index in [0.717, 1.165) is 27.9 Å². The summed E-state index contributed by atoms with van der Waals surface area (Å²) in [4.78, 5) is 0. The molecule has 0 amide bonds. The van der Waals surface area contributed by atoms with Crippen LogP contribution in [0.4, 0.5) is 0 Å². The minimum absolute atomic E-state index is 0.247. The lowest BCUT2D eigenvalue weighted by atomic mass is 10.1. The smallest absolute Gasteiger partial charge is 0.126 e. The van der Waals surface area contributed by atoms with Gasteiger partial charge in [-0.3, -0.25) is 0 Å². The Hall–Kier alpha value is -0.580. The maximum Gasteiger partial charge on any atom is 0.126 e. The average Bonchev–Trinajstić information content (AvgIpc) is 2.26. The van der Waals surface area contributed by atoms with E-state index in [1.807, 2.05) is 20.9 Å². The Kier molecular flexibility index (Phi) is 6.68. The van der Waals surface area contributed by atoms with Gasteiger partial charge in [0.05, 0.1) is 12.7 Å². The van der Waals surface area contributed by atoms with Crippen LogP contribution in [0.25, 0.3) is 0 Å². The molecule has 0 unspecified atom stereocenters. The number of hydrogen-bond donors (Lipinski definition) is 1. The standard InChI is InChI=1S/C14H22BrNO2/c1-10(2)17-5-6-18-14-11(3)7-13(15)8-12(14)9-16-4/h7-8,10,16H,5-6,9H2,1-4H3. The zero-order chi connectivity index (χ0) is 13.5. The van der Waals surface area contributed by atoms with Crippen LogP contribution >= 0.6 is 15.9 Å². The Morgan fingerprint density at radius 3 is 2.61 bits per heavy atom. The predicted molar refractivity (Wildman–Crippen MR) is 78.2 cm³/mol. The summed E-state index contributed by atoms with van der Waals surface area (Å²) < 4.78 is 12.4. The van der Waals surface area contributed by atoms with Crippen LogP contribution < -0.4 is 10.1 Å². The van der Waals surface area contributed by atoms with Gasteiger partial charge < -0.3 is 14.8 Å². The molecule has 0 atom stereocenters. The van der Waals surface area contributed by atoms with Crippen molar-refractivity contribution in [2.45, 2.75) is 33.4 Å². The maximum atomic E-state index is 5.84. The molecule has 0 aliphatic carbocycles. The number of benzene rings is 1. The molecule has 4 heteroatoms. The largest absolute Gasteiger partial charge is 0.491 e. The summed E-state index contributed by atoms with van der Waals surface area (Å²) in [5, 5.41) is 3.16. The monoisotopic (exact) mass is 315 g/mol. The summed E-state index contributed by atoms with van der Waals surface area (Å²) >= 11 is 3.51. The van der Waals surface area contributed by atoms with Crippen molar-refractivity contribution in [2.75, 3.05) is 20.3 Å². The van der Waals surface area contributed by atoms with Gasteiger partial charge in [0.15, 0.2) is 0 Å². The molecule has 0 aliphatic heterocycles. The molecule has 0 spiro atoms. The quantitative estimate of drug-likeness (QED) is 0.783. The van der Waals surface area contributed by atoms with Gasteiger partial charge in [0, 0.05) is 16.6 Å². The van der Waals surface area contributed by atoms with Crippen molar-refractivity contribution in [3.8, 4) is 5.75 Å². The summed E-state index contributed by atoms with van der Waals surface area (Å²) in [6.45, 7) is 8.10. The van der Waals surface area contributed by atoms with Crippen molar-refractivity contribution in [2.24, 2.45) is 0 Å². The second-order valence-corrected chi connectivity index (χ2v) is 5.42. The zero-order valence-corrected chi connectivity index (χ0v) is 13.1. The molecular weight excluding hydrogens is 294 g/mol. The lowest BCUT2D eigenvalue weighted by molar-refractivity contribution is 0.0549. The number of rotatable bonds is 7. The molecule has 1 N–H and O–H groups in total. The molecule has 0 saturated carbocycles. The molecule has 0 saturated heterocycles. The van der Waals surface area contributed by atoms with E-state index in [0.29, 0.717) is 13.2 Å². The molecular formula is C14H22BrNO2. The fourth-order valence-electron chi connectivity index (χ4n) is 1.76. The minimum atomic E-state index is 0.247. The van der Waals surface area contributed by atoms with Crippen LogP contribution in [-0.2, 0) is 11.3 Å². The molecule has 0 heterocycles. The van der Waals surface area contributed by atoms with Gasteiger partial charge in [-0.1, -0.05) is 15.9 Å². The molecule has 0 radical (unpaired) electrons. The van der Waals surface area contributed by atoms with Gasteiger partial charge in [0.25, 0.3) is 0 Å². The first-order valence-corrected chi connectivity index (χ1v) is 7.02. The summed E-state index contributed by atoms with van der Waals surface area (Å²) in [5.41, 5.74) is 2.30.